The van der Waals surface area contributed by atoms with Gasteiger partial charge in [0.15, 0.2) is 11.5 Å². The van der Waals surface area contributed by atoms with E-state index in [9.17, 15) is 28.1 Å². The highest BCUT2D eigenvalue weighted by Crippen LogP contribution is 2.40. The van der Waals surface area contributed by atoms with Gasteiger partial charge in [0.1, 0.15) is 0 Å². The number of halogens is 3. The first-order chi connectivity index (χ1) is 18.0. The summed E-state index contributed by atoms with van der Waals surface area (Å²) in [7, 11) is 0. The third-order valence-electron chi connectivity index (χ3n) is 5.92. The quantitative estimate of drug-likeness (QED) is 0.252. The number of nitro benzene ring substituents is 1. The average molecular weight is 547 g/mol. The molecule has 0 bridgehead atoms. The van der Waals surface area contributed by atoms with E-state index in [0.29, 0.717) is 35.7 Å². The van der Waals surface area contributed by atoms with Crippen LogP contribution in [0.25, 0.3) is 0 Å². The average Bonchev–Trinajstić information content (AvgIpc) is 3.11. The number of hydrogen-bond donors (Lipinski definition) is 1. The summed E-state index contributed by atoms with van der Waals surface area (Å²) in [6, 6.07) is 13.9. The molecular weight excluding hydrogens is 521 g/mol. The molecule has 1 aliphatic rings. The number of rotatable bonds is 7. The lowest BCUT2D eigenvalue weighted by Gasteiger charge is -2.24. The number of amides is 1. The minimum absolute atomic E-state index is 0.000452. The van der Waals surface area contributed by atoms with Crippen LogP contribution >= 0.6 is 11.8 Å². The van der Waals surface area contributed by atoms with E-state index in [1.54, 1.807) is 24.3 Å². The third-order valence-corrected chi connectivity index (χ3v) is 7.06. The molecule has 0 radical (unpaired) electrons. The van der Waals surface area contributed by atoms with Gasteiger partial charge in [0.2, 0.25) is 0 Å². The topological polar surface area (TPSA) is 90.7 Å². The van der Waals surface area contributed by atoms with E-state index < -0.39 is 34.3 Å². The number of carbonyl (C=O) groups excluding carboxylic acids is 1. The van der Waals surface area contributed by atoms with E-state index in [1.807, 2.05) is 32.0 Å². The van der Waals surface area contributed by atoms with Crippen LogP contribution in [0.1, 0.15) is 47.8 Å². The Morgan fingerprint density at radius 3 is 2.39 bits per heavy atom. The Hall–Kier alpha value is -3.73. The first-order valence-corrected chi connectivity index (χ1v) is 12.7. The van der Waals surface area contributed by atoms with Crippen molar-refractivity contribution in [3.05, 3.63) is 87.5 Å². The molecule has 0 saturated carbocycles. The van der Waals surface area contributed by atoms with Crippen LogP contribution in [0.2, 0.25) is 0 Å². The summed E-state index contributed by atoms with van der Waals surface area (Å²) in [4.78, 5) is 24.5. The Balaban J connectivity index is 1.61. The highest BCUT2D eigenvalue weighted by Gasteiger charge is 2.33. The molecule has 3 aromatic rings. The molecular formula is C27H25F3N2O5S. The zero-order valence-electron chi connectivity index (χ0n) is 20.6. The van der Waals surface area contributed by atoms with Gasteiger partial charge in [-0.25, -0.2) is 0 Å². The molecule has 1 N–H and O–H groups in total. The van der Waals surface area contributed by atoms with Gasteiger partial charge in [-0.1, -0.05) is 43.8 Å². The standard InChI is InChI=1S/C27H25F3N2O5S/c1-16(2)25(17-8-10-21-22(14-17)37-13-5-12-36-21)31-26(33)19-6-3-4-7-23(19)38-24-11-9-18(27(28,29)30)15-20(24)32(34)35/h3-4,6-11,14-16,25H,5,12-13H2,1-2H3,(H,31,33). The normalized spacial score (nSPS) is 14.1. The Kier molecular flexibility index (Phi) is 8.15. The highest BCUT2D eigenvalue weighted by molar-refractivity contribution is 7.99. The summed E-state index contributed by atoms with van der Waals surface area (Å²) < 4.78 is 50.8. The molecule has 1 heterocycles. The summed E-state index contributed by atoms with van der Waals surface area (Å²) in [5.74, 6) is 0.818. The number of hydrogen-bond acceptors (Lipinski definition) is 6. The van der Waals surface area contributed by atoms with E-state index >= 15 is 0 Å². The molecule has 1 atom stereocenters. The Bertz CT molecular complexity index is 1350. The van der Waals surface area contributed by atoms with Crippen molar-refractivity contribution in [2.24, 2.45) is 5.92 Å². The molecule has 0 fully saturated rings. The maximum absolute atomic E-state index is 13.4. The van der Waals surface area contributed by atoms with Gasteiger partial charge < -0.3 is 14.8 Å². The Labute approximate surface area is 221 Å². The molecule has 3 aromatic carbocycles. The first kappa shape index (κ1) is 27.3. The zero-order chi connectivity index (χ0) is 27.4. The van der Waals surface area contributed by atoms with Crippen molar-refractivity contribution in [2.45, 2.75) is 42.3 Å². The molecule has 11 heteroatoms. The van der Waals surface area contributed by atoms with Crippen molar-refractivity contribution in [1.29, 1.82) is 0 Å². The highest BCUT2D eigenvalue weighted by atomic mass is 32.2. The summed E-state index contributed by atoms with van der Waals surface area (Å²) >= 11 is 0.863. The number of nitro groups is 1. The minimum atomic E-state index is -4.72. The van der Waals surface area contributed by atoms with E-state index in [4.69, 9.17) is 9.47 Å². The number of carbonyl (C=O) groups is 1. The van der Waals surface area contributed by atoms with Gasteiger partial charge in [-0.3, -0.25) is 14.9 Å². The van der Waals surface area contributed by atoms with Crippen molar-refractivity contribution in [3.8, 4) is 11.5 Å². The number of fused-ring (bicyclic) bond motifs is 1. The van der Waals surface area contributed by atoms with Crippen molar-refractivity contribution in [3.63, 3.8) is 0 Å². The van der Waals surface area contributed by atoms with Crippen LogP contribution in [0.15, 0.2) is 70.5 Å². The van der Waals surface area contributed by atoms with Gasteiger partial charge in [0, 0.05) is 17.4 Å². The Morgan fingerprint density at radius 2 is 1.71 bits per heavy atom. The van der Waals surface area contributed by atoms with Crippen molar-refractivity contribution in [1.82, 2.24) is 5.32 Å². The van der Waals surface area contributed by atoms with Crippen LogP contribution < -0.4 is 14.8 Å². The SMILES string of the molecule is CC(C)C(NC(=O)c1ccccc1Sc1ccc(C(F)(F)F)cc1[N+](=O)[O-])c1ccc2c(c1)OCCCO2. The van der Waals surface area contributed by atoms with Crippen molar-refractivity contribution in [2.75, 3.05) is 13.2 Å². The van der Waals surface area contributed by atoms with Gasteiger partial charge in [-0.05, 0) is 47.9 Å². The molecule has 200 valence electrons. The molecule has 0 aromatic heterocycles. The molecule has 38 heavy (non-hydrogen) atoms. The second kappa shape index (κ2) is 11.3. The number of benzene rings is 3. The summed E-state index contributed by atoms with van der Waals surface area (Å²) in [5.41, 5.74) is -0.741. The number of nitrogens with zero attached hydrogens (tertiary/aromatic N) is 1. The lowest BCUT2D eigenvalue weighted by Crippen LogP contribution is -2.32. The van der Waals surface area contributed by atoms with Crippen LogP contribution in [0.4, 0.5) is 18.9 Å². The van der Waals surface area contributed by atoms with Gasteiger partial charge in [-0.15, -0.1) is 0 Å². The molecule has 0 aliphatic carbocycles. The van der Waals surface area contributed by atoms with Crippen molar-refractivity contribution < 1.29 is 32.4 Å². The van der Waals surface area contributed by atoms with E-state index in [2.05, 4.69) is 5.32 Å². The molecule has 1 unspecified atom stereocenters. The summed E-state index contributed by atoms with van der Waals surface area (Å²) in [6.07, 6.45) is -3.95. The maximum atomic E-state index is 13.4. The van der Waals surface area contributed by atoms with Crippen LogP contribution in [-0.2, 0) is 6.18 Å². The number of alkyl halides is 3. The van der Waals surface area contributed by atoms with E-state index in [1.165, 1.54) is 0 Å². The second-order valence-corrected chi connectivity index (χ2v) is 10.1. The maximum Gasteiger partial charge on any atom is 0.416 e. The molecule has 4 rings (SSSR count). The van der Waals surface area contributed by atoms with Gasteiger partial charge in [0.25, 0.3) is 11.6 Å². The molecule has 0 saturated heterocycles. The van der Waals surface area contributed by atoms with Gasteiger partial charge >= 0.3 is 6.18 Å². The van der Waals surface area contributed by atoms with Crippen LogP contribution in [0, 0.1) is 16.0 Å². The third kappa shape index (κ3) is 6.21. The van der Waals surface area contributed by atoms with E-state index in [-0.39, 0.29) is 16.4 Å². The largest absolute Gasteiger partial charge is 0.490 e. The fraction of sp³-hybridized carbons (Fsp3) is 0.296. The molecule has 7 nitrogen and oxygen atoms in total. The molecule has 1 aliphatic heterocycles. The van der Waals surface area contributed by atoms with Gasteiger partial charge in [0.05, 0.1) is 40.2 Å². The fourth-order valence-corrected chi connectivity index (χ4v) is 5.04. The Morgan fingerprint density at radius 1 is 1.00 bits per heavy atom. The minimum Gasteiger partial charge on any atom is -0.490 e. The monoisotopic (exact) mass is 546 g/mol. The molecule has 1 amide bonds. The predicted molar refractivity (Wildman–Crippen MR) is 136 cm³/mol. The van der Waals surface area contributed by atoms with E-state index in [0.717, 1.165) is 35.9 Å². The molecule has 0 spiro atoms. The smallest absolute Gasteiger partial charge is 0.416 e. The second-order valence-electron chi connectivity index (χ2n) is 8.99. The lowest BCUT2D eigenvalue weighted by atomic mass is 9.95. The zero-order valence-corrected chi connectivity index (χ0v) is 21.4. The first-order valence-electron chi connectivity index (χ1n) is 11.9. The van der Waals surface area contributed by atoms with Crippen LogP contribution in [-0.4, -0.2) is 24.0 Å². The lowest BCUT2D eigenvalue weighted by molar-refractivity contribution is -0.388. The van der Waals surface area contributed by atoms with Crippen molar-refractivity contribution >= 4 is 23.4 Å². The van der Waals surface area contributed by atoms with Crippen LogP contribution in [0.5, 0.6) is 11.5 Å². The number of ether oxygens (including phenoxy) is 2. The van der Waals surface area contributed by atoms with Crippen LogP contribution in [0.3, 0.4) is 0 Å². The predicted octanol–water partition coefficient (Wildman–Crippen LogP) is 7.05. The fourth-order valence-electron chi connectivity index (χ4n) is 4.01. The summed E-state index contributed by atoms with van der Waals surface area (Å²) in [6.45, 7) is 5.00. The number of nitrogens with one attached hydrogen (secondary N) is 1. The summed E-state index contributed by atoms with van der Waals surface area (Å²) in [5, 5.41) is 14.6. The van der Waals surface area contributed by atoms with Gasteiger partial charge in [-0.2, -0.15) is 13.2 Å².